The van der Waals surface area contributed by atoms with Crippen LogP contribution in [-0.4, -0.2) is 46.1 Å². The highest BCUT2D eigenvalue weighted by Gasteiger charge is 2.17. The number of aromatic nitrogens is 2. The van der Waals surface area contributed by atoms with Crippen molar-refractivity contribution in [3.8, 4) is 0 Å². The first kappa shape index (κ1) is 18.7. The molecular formula is C19H26N4O2. The van der Waals surface area contributed by atoms with Crippen LogP contribution in [0.5, 0.6) is 0 Å². The number of hydrogen-bond acceptors (Lipinski definition) is 3. The van der Waals surface area contributed by atoms with Gasteiger partial charge < -0.3 is 10.2 Å². The van der Waals surface area contributed by atoms with Crippen LogP contribution in [0.1, 0.15) is 41.2 Å². The molecule has 0 fully saturated rings. The predicted molar refractivity (Wildman–Crippen MR) is 97.5 cm³/mol. The van der Waals surface area contributed by atoms with Crippen molar-refractivity contribution in [1.29, 1.82) is 0 Å². The van der Waals surface area contributed by atoms with Crippen LogP contribution in [0.4, 0.5) is 0 Å². The van der Waals surface area contributed by atoms with Crippen molar-refractivity contribution in [3.63, 3.8) is 0 Å². The van der Waals surface area contributed by atoms with Gasteiger partial charge in [0.25, 0.3) is 5.91 Å². The number of rotatable bonds is 7. The minimum atomic E-state index is -0.140. The smallest absolute Gasteiger partial charge is 0.254 e. The monoisotopic (exact) mass is 342 g/mol. The van der Waals surface area contributed by atoms with Crippen LogP contribution in [0.25, 0.3) is 0 Å². The summed E-state index contributed by atoms with van der Waals surface area (Å²) in [6.45, 7) is 9.53. The van der Waals surface area contributed by atoms with Crippen LogP contribution >= 0.6 is 0 Å². The fourth-order valence-electron chi connectivity index (χ4n) is 2.70. The summed E-state index contributed by atoms with van der Waals surface area (Å²) in [5, 5.41) is 7.17. The van der Waals surface area contributed by atoms with Crippen LogP contribution in [0.15, 0.2) is 30.3 Å². The molecule has 0 aliphatic heterocycles. The summed E-state index contributed by atoms with van der Waals surface area (Å²) in [7, 11) is 0. The molecule has 0 saturated heterocycles. The van der Waals surface area contributed by atoms with Gasteiger partial charge >= 0.3 is 0 Å². The zero-order valence-corrected chi connectivity index (χ0v) is 15.4. The van der Waals surface area contributed by atoms with E-state index in [2.05, 4.69) is 10.4 Å². The minimum Gasteiger partial charge on any atom is -0.355 e. The lowest BCUT2D eigenvalue weighted by molar-refractivity contribution is -0.121. The first-order chi connectivity index (χ1) is 11.9. The Balaban J connectivity index is 2.06. The molecule has 1 aromatic heterocycles. The molecule has 0 unspecified atom stereocenters. The summed E-state index contributed by atoms with van der Waals surface area (Å²) in [5.74, 6) is -0.273. The van der Waals surface area contributed by atoms with Crippen LogP contribution in [0, 0.1) is 13.8 Å². The molecule has 6 nitrogen and oxygen atoms in total. The molecule has 6 heteroatoms. The van der Waals surface area contributed by atoms with E-state index in [1.165, 1.54) is 0 Å². The number of amides is 2. The van der Waals surface area contributed by atoms with Gasteiger partial charge in [0.05, 0.1) is 18.8 Å². The molecule has 0 radical (unpaired) electrons. The lowest BCUT2D eigenvalue weighted by atomic mass is 10.1. The van der Waals surface area contributed by atoms with E-state index in [4.69, 9.17) is 0 Å². The molecule has 25 heavy (non-hydrogen) atoms. The molecule has 0 atom stereocenters. The Labute approximate surface area is 148 Å². The average molecular weight is 342 g/mol. The highest BCUT2D eigenvalue weighted by atomic mass is 16.2. The minimum absolute atomic E-state index is 0.0800. The lowest BCUT2D eigenvalue weighted by Gasteiger charge is -2.20. The SMILES string of the molecule is CCNC(=O)CN(CC)C(=O)c1ccc(Cn2nc(C)cc2C)cc1. The predicted octanol–water partition coefficient (Wildman–Crippen LogP) is 2.15. The number of carbonyl (C=O) groups excluding carboxylic acids is 2. The fraction of sp³-hybridized carbons (Fsp3) is 0.421. The number of nitrogens with one attached hydrogen (secondary N) is 1. The Morgan fingerprint density at radius 2 is 1.84 bits per heavy atom. The second-order valence-electron chi connectivity index (χ2n) is 6.05. The zero-order chi connectivity index (χ0) is 18.4. The molecule has 1 heterocycles. The van der Waals surface area contributed by atoms with Gasteiger partial charge in [0, 0.05) is 24.3 Å². The van der Waals surface area contributed by atoms with E-state index in [9.17, 15) is 9.59 Å². The van der Waals surface area contributed by atoms with Gasteiger partial charge in [-0.3, -0.25) is 14.3 Å². The summed E-state index contributed by atoms with van der Waals surface area (Å²) in [6.07, 6.45) is 0. The zero-order valence-electron chi connectivity index (χ0n) is 15.4. The van der Waals surface area contributed by atoms with Crippen LogP contribution in [-0.2, 0) is 11.3 Å². The number of likely N-dealkylation sites (N-methyl/N-ethyl adjacent to an activating group) is 2. The molecule has 2 aromatic rings. The number of hydrogen-bond donors (Lipinski definition) is 1. The van der Waals surface area contributed by atoms with E-state index in [0.717, 1.165) is 17.0 Å². The Kier molecular flexibility index (Phi) is 6.33. The van der Waals surface area contributed by atoms with E-state index in [-0.39, 0.29) is 18.4 Å². The maximum absolute atomic E-state index is 12.6. The molecule has 1 aromatic carbocycles. The van der Waals surface area contributed by atoms with Crippen molar-refractivity contribution in [2.45, 2.75) is 34.2 Å². The molecule has 0 spiro atoms. The average Bonchev–Trinajstić information content (AvgIpc) is 2.90. The van der Waals surface area contributed by atoms with E-state index < -0.39 is 0 Å². The van der Waals surface area contributed by atoms with Gasteiger partial charge in [-0.25, -0.2) is 0 Å². The highest BCUT2D eigenvalue weighted by Crippen LogP contribution is 2.11. The molecular weight excluding hydrogens is 316 g/mol. The summed E-state index contributed by atoms with van der Waals surface area (Å²) in [6, 6.07) is 9.53. The molecule has 2 rings (SSSR count). The third-order valence-electron chi connectivity index (χ3n) is 4.01. The van der Waals surface area contributed by atoms with Crippen molar-refractivity contribution in [3.05, 3.63) is 52.8 Å². The maximum atomic E-state index is 12.6. The summed E-state index contributed by atoms with van der Waals surface area (Å²) >= 11 is 0. The maximum Gasteiger partial charge on any atom is 0.254 e. The van der Waals surface area contributed by atoms with Crippen LogP contribution in [0.3, 0.4) is 0 Å². The van der Waals surface area contributed by atoms with Gasteiger partial charge in [-0.05, 0) is 51.5 Å². The third kappa shape index (κ3) is 4.92. The van der Waals surface area contributed by atoms with Gasteiger partial charge in [0.15, 0.2) is 0 Å². The number of benzene rings is 1. The van der Waals surface area contributed by atoms with Crippen molar-refractivity contribution in [2.75, 3.05) is 19.6 Å². The molecule has 2 amide bonds. The second kappa shape index (κ2) is 8.46. The highest BCUT2D eigenvalue weighted by molar-refractivity contribution is 5.96. The number of nitrogens with zero attached hydrogens (tertiary/aromatic N) is 3. The van der Waals surface area contributed by atoms with Gasteiger partial charge in [-0.1, -0.05) is 12.1 Å². The molecule has 0 bridgehead atoms. The Morgan fingerprint density at radius 3 is 2.36 bits per heavy atom. The molecule has 0 aliphatic rings. The summed E-state index contributed by atoms with van der Waals surface area (Å²) in [5.41, 5.74) is 3.77. The Morgan fingerprint density at radius 1 is 1.16 bits per heavy atom. The first-order valence-corrected chi connectivity index (χ1v) is 8.60. The topological polar surface area (TPSA) is 67.2 Å². The van der Waals surface area contributed by atoms with Crippen molar-refractivity contribution < 1.29 is 9.59 Å². The van der Waals surface area contributed by atoms with Gasteiger partial charge in [-0.2, -0.15) is 5.10 Å². The largest absolute Gasteiger partial charge is 0.355 e. The normalized spacial score (nSPS) is 10.6. The van der Waals surface area contributed by atoms with E-state index in [1.54, 1.807) is 4.90 Å². The van der Waals surface area contributed by atoms with E-state index >= 15 is 0 Å². The fourth-order valence-corrected chi connectivity index (χ4v) is 2.70. The standard InChI is InChI=1S/C19H26N4O2/c1-5-20-18(24)13-22(6-2)19(25)17-9-7-16(8-10-17)12-23-15(4)11-14(3)21-23/h7-11H,5-6,12-13H2,1-4H3,(H,20,24). The molecule has 0 aliphatic carbocycles. The summed E-state index contributed by atoms with van der Waals surface area (Å²) in [4.78, 5) is 25.8. The van der Waals surface area contributed by atoms with Gasteiger partial charge in [0.1, 0.15) is 0 Å². The van der Waals surface area contributed by atoms with Crippen molar-refractivity contribution in [1.82, 2.24) is 20.0 Å². The summed E-state index contributed by atoms with van der Waals surface area (Å²) < 4.78 is 1.94. The van der Waals surface area contributed by atoms with E-state index in [0.29, 0.717) is 25.2 Å². The Hall–Kier alpha value is -2.63. The quantitative estimate of drug-likeness (QED) is 0.838. The van der Waals surface area contributed by atoms with Gasteiger partial charge in [-0.15, -0.1) is 0 Å². The molecule has 0 saturated carbocycles. The molecule has 1 N–H and O–H groups in total. The molecule has 134 valence electrons. The van der Waals surface area contributed by atoms with Gasteiger partial charge in [0.2, 0.25) is 5.91 Å². The number of carbonyl (C=O) groups is 2. The number of aryl methyl sites for hydroxylation is 2. The van der Waals surface area contributed by atoms with E-state index in [1.807, 2.05) is 62.7 Å². The second-order valence-corrected chi connectivity index (χ2v) is 6.05. The van der Waals surface area contributed by atoms with Crippen LogP contribution in [0.2, 0.25) is 0 Å². The van der Waals surface area contributed by atoms with Crippen LogP contribution < -0.4 is 5.32 Å². The Bertz CT molecular complexity index is 734. The third-order valence-corrected chi connectivity index (χ3v) is 4.01. The van der Waals surface area contributed by atoms with Crippen molar-refractivity contribution >= 4 is 11.8 Å². The van der Waals surface area contributed by atoms with Crippen molar-refractivity contribution in [2.24, 2.45) is 0 Å². The lowest BCUT2D eigenvalue weighted by Crippen LogP contribution is -2.40. The first-order valence-electron chi connectivity index (χ1n) is 8.60.